The third kappa shape index (κ3) is 2.38. The zero-order chi connectivity index (χ0) is 14.2. The summed E-state index contributed by atoms with van der Waals surface area (Å²) >= 11 is 0. The Bertz CT molecular complexity index is 545. The van der Waals surface area contributed by atoms with Crippen LogP contribution in [0.5, 0.6) is 5.75 Å². The predicted molar refractivity (Wildman–Crippen MR) is 66.2 cm³/mol. The van der Waals surface area contributed by atoms with Gasteiger partial charge >= 0.3 is 6.03 Å². The fraction of sp³-hybridized carbons (Fsp3) is 0.385. The number of nitrogens with one attached hydrogen (secondary N) is 2. The summed E-state index contributed by atoms with van der Waals surface area (Å²) in [5, 5.41) is 4.51. The molecule has 1 fully saturated rings. The summed E-state index contributed by atoms with van der Waals surface area (Å²) in [6, 6.07) is 3.59. The van der Waals surface area contributed by atoms with Gasteiger partial charge < -0.3 is 10.1 Å². The van der Waals surface area contributed by atoms with Crippen LogP contribution in [0, 0.1) is 5.82 Å². The number of ether oxygens (including phenoxy) is 1. The molecule has 0 bridgehead atoms. The number of carbonyl (C=O) groups is 2. The van der Waals surface area contributed by atoms with E-state index < -0.39 is 23.3 Å². The van der Waals surface area contributed by atoms with Crippen molar-refractivity contribution in [1.82, 2.24) is 10.6 Å². The van der Waals surface area contributed by atoms with Crippen molar-refractivity contribution in [3.05, 3.63) is 29.6 Å². The number of amides is 3. The molecular weight excluding hydrogens is 251 g/mol. The molecule has 0 spiro atoms. The average molecular weight is 266 g/mol. The van der Waals surface area contributed by atoms with Gasteiger partial charge in [-0.2, -0.15) is 0 Å². The number of hydrogen-bond donors (Lipinski definition) is 2. The Labute approximate surface area is 110 Å². The molecule has 6 heteroatoms. The molecule has 1 atom stereocenters. The lowest BCUT2D eigenvalue weighted by molar-refractivity contribution is -0.123. The molecule has 2 rings (SSSR count). The maximum atomic E-state index is 14.1. The van der Waals surface area contributed by atoms with Gasteiger partial charge in [-0.05, 0) is 32.9 Å². The van der Waals surface area contributed by atoms with Gasteiger partial charge in [0.2, 0.25) is 0 Å². The Hall–Kier alpha value is -2.11. The van der Waals surface area contributed by atoms with Crippen LogP contribution in [0.1, 0.15) is 26.3 Å². The summed E-state index contributed by atoms with van der Waals surface area (Å²) in [6.07, 6.45) is -0.0738. The summed E-state index contributed by atoms with van der Waals surface area (Å²) in [7, 11) is 0. The van der Waals surface area contributed by atoms with Gasteiger partial charge in [-0.25, -0.2) is 9.18 Å². The Morgan fingerprint density at radius 3 is 2.47 bits per heavy atom. The van der Waals surface area contributed by atoms with E-state index in [0.717, 1.165) is 0 Å². The van der Waals surface area contributed by atoms with Crippen molar-refractivity contribution in [3.63, 3.8) is 0 Å². The molecule has 3 amide bonds. The summed E-state index contributed by atoms with van der Waals surface area (Å²) in [5.41, 5.74) is -1.29. The van der Waals surface area contributed by atoms with E-state index in [-0.39, 0.29) is 11.7 Å². The first-order chi connectivity index (χ1) is 8.83. The van der Waals surface area contributed by atoms with Crippen molar-refractivity contribution in [2.75, 3.05) is 0 Å². The number of imide groups is 1. The van der Waals surface area contributed by atoms with Crippen LogP contribution in [0.25, 0.3) is 0 Å². The van der Waals surface area contributed by atoms with E-state index in [1.165, 1.54) is 19.1 Å². The average Bonchev–Trinajstić information content (AvgIpc) is 2.52. The van der Waals surface area contributed by atoms with Gasteiger partial charge in [0, 0.05) is 11.6 Å². The maximum Gasteiger partial charge on any atom is 0.322 e. The van der Waals surface area contributed by atoms with Crippen LogP contribution in [0.2, 0.25) is 0 Å². The smallest absolute Gasteiger partial charge is 0.322 e. The number of carbonyl (C=O) groups excluding carboxylic acids is 2. The third-order valence-corrected chi connectivity index (χ3v) is 2.90. The molecule has 102 valence electrons. The number of halogens is 1. The number of benzene rings is 1. The molecule has 19 heavy (non-hydrogen) atoms. The van der Waals surface area contributed by atoms with Crippen LogP contribution in [-0.2, 0) is 10.3 Å². The van der Waals surface area contributed by atoms with Crippen molar-refractivity contribution >= 4 is 11.9 Å². The topological polar surface area (TPSA) is 67.4 Å². The first kappa shape index (κ1) is 13.3. The molecule has 1 heterocycles. The highest BCUT2D eigenvalue weighted by Gasteiger charge is 2.45. The molecule has 1 unspecified atom stereocenters. The lowest BCUT2D eigenvalue weighted by Gasteiger charge is -2.22. The van der Waals surface area contributed by atoms with Crippen LogP contribution in [0.15, 0.2) is 18.2 Å². The standard InChI is InChI=1S/C13H15FN2O3/c1-7(2)19-8-4-5-9(10(14)6-8)13(3)11(17)15-12(18)16-13/h4-7H,1-3H3,(H2,15,16,17,18). The Kier molecular flexibility index (Phi) is 3.18. The second-order valence-electron chi connectivity index (χ2n) is 4.84. The Morgan fingerprint density at radius 1 is 1.32 bits per heavy atom. The minimum Gasteiger partial charge on any atom is -0.491 e. The minimum absolute atomic E-state index is 0.0738. The molecule has 1 aromatic rings. The highest BCUT2D eigenvalue weighted by Crippen LogP contribution is 2.29. The largest absolute Gasteiger partial charge is 0.491 e. The first-order valence-electron chi connectivity index (χ1n) is 5.93. The van der Waals surface area contributed by atoms with Crippen molar-refractivity contribution in [1.29, 1.82) is 0 Å². The van der Waals surface area contributed by atoms with Crippen LogP contribution < -0.4 is 15.4 Å². The van der Waals surface area contributed by atoms with Gasteiger partial charge in [-0.3, -0.25) is 10.1 Å². The number of rotatable bonds is 3. The van der Waals surface area contributed by atoms with Crippen LogP contribution in [-0.4, -0.2) is 18.0 Å². The van der Waals surface area contributed by atoms with Gasteiger partial charge in [0.05, 0.1) is 6.10 Å². The van der Waals surface area contributed by atoms with Gasteiger partial charge in [0.25, 0.3) is 5.91 Å². The van der Waals surface area contributed by atoms with Gasteiger partial charge in [-0.15, -0.1) is 0 Å². The summed E-state index contributed by atoms with van der Waals surface area (Å²) in [6.45, 7) is 5.12. The molecule has 1 saturated heterocycles. The van der Waals surface area contributed by atoms with E-state index in [1.54, 1.807) is 6.07 Å². The second-order valence-corrected chi connectivity index (χ2v) is 4.84. The van der Waals surface area contributed by atoms with Crippen LogP contribution >= 0.6 is 0 Å². The monoisotopic (exact) mass is 266 g/mol. The van der Waals surface area contributed by atoms with Crippen molar-refractivity contribution in [2.45, 2.75) is 32.4 Å². The lowest BCUT2D eigenvalue weighted by atomic mass is 9.92. The van der Waals surface area contributed by atoms with E-state index >= 15 is 0 Å². The van der Waals surface area contributed by atoms with Gasteiger partial charge in [0.1, 0.15) is 17.1 Å². The van der Waals surface area contributed by atoms with Crippen molar-refractivity contribution in [3.8, 4) is 5.75 Å². The van der Waals surface area contributed by atoms with Gasteiger partial charge in [0.15, 0.2) is 0 Å². The molecule has 0 radical (unpaired) electrons. The molecule has 0 aromatic heterocycles. The van der Waals surface area contributed by atoms with Crippen LogP contribution in [0.4, 0.5) is 9.18 Å². The molecule has 1 aromatic carbocycles. The van der Waals surface area contributed by atoms with E-state index in [9.17, 15) is 14.0 Å². The number of hydrogen-bond acceptors (Lipinski definition) is 3. The maximum absolute atomic E-state index is 14.1. The summed E-state index contributed by atoms with van der Waals surface area (Å²) in [4.78, 5) is 22.9. The second kappa shape index (κ2) is 4.53. The third-order valence-electron chi connectivity index (χ3n) is 2.90. The first-order valence-corrected chi connectivity index (χ1v) is 5.93. The normalized spacial score (nSPS) is 22.4. The molecule has 0 saturated carbocycles. The molecule has 2 N–H and O–H groups in total. The van der Waals surface area contributed by atoms with E-state index in [0.29, 0.717) is 5.75 Å². The lowest BCUT2D eigenvalue weighted by Crippen LogP contribution is -2.41. The summed E-state index contributed by atoms with van der Waals surface area (Å²) < 4.78 is 19.5. The van der Waals surface area contributed by atoms with E-state index in [4.69, 9.17) is 4.74 Å². The SMILES string of the molecule is CC(C)Oc1ccc(C2(C)NC(=O)NC2=O)c(F)c1. The van der Waals surface area contributed by atoms with Crippen molar-refractivity contribution < 1.29 is 18.7 Å². The quantitative estimate of drug-likeness (QED) is 0.818. The fourth-order valence-corrected chi connectivity index (χ4v) is 1.98. The molecule has 0 aliphatic carbocycles. The molecule has 5 nitrogen and oxygen atoms in total. The van der Waals surface area contributed by atoms with Crippen LogP contribution in [0.3, 0.4) is 0 Å². The fourth-order valence-electron chi connectivity index (χ4n) is 1.98. The highest BCUT2D eigenvalue weighted by molar-refractivity contribution is 6.07. The van der Waals surface area contributed by atoms with Gasteiger partial charge in [-0.1, -0.05) is 0 Å². The molecule has 1 aliphatic rings. The zero-order valence-electron chi connectivity index (χ0n) is 10.9. The van der Waals surface area contributed by atoms with E-state index in [1.807, 2.05) is 13.8 Å². The minimum atomic E-state index is -1.39. The molecular formula is C13H15FN2O3. The predicted octanol–water partition coefficient (Wildman–Crippen LogP) is 1.67. The van der Waals surface area contributed by atoms with E-state index in [2.05, 4.69) is 10.6 Å². The molecule has 1 aliphatic heterocycles. The number of urea groups is 1. The zero-order valence-corrected chi connectivity index (χ0v) is 10.9. The Morgan fingerprint density at radius 2 is 2.00 bits per heavy atom. The highest BCUT2D eigenvalue weighted by atomic mass is 19.1. The Balaban J connectivity index is 2.36. The van der Waals surface area contributed by atoms with Crippen molar-refractivity contribution in [2.24, 2.45) is 0 Å². The summed E-state index contributed by atoms with van der Waals surface area (Å²) in [5.74, 6) is -0.795.